The summed E-state index contributed by atoms with van der Waals surface area (Å²) in [6.45, 7) is 0.0860. The number of likely N-dealkylation sites (N-methyl/N-ethyl adjacent to an activating group) is 1. The standard InChI is InChI=1S/C13H16N2O3S/c1-15(8-9-19(2,17)18)13(16)12(10-14)11-6-4-3-5-7-11/h3-7,12H,8-9H2,1-2H3. The van der Waals surface area contributed by atoms with Crippen LogP contribution in [0.15, 0.2) is 30.3 Å². The van der Waals surface area contributed by atoms with Crippen LogP contribution >= 0.6 is 0 Å². The topological polar surface area (TPSA) is 78.2 Å². The molecule has 0 spiro atoms. The van der Waals surface area contributed by atoms with E-state index < -0.39 is 21.7 Å². The van der Waals surface area contributed by atoms with E-state index in [1.54, 1.807) is 30.3 Å². The Kier molecular flexibility index (Phi) is 5.07. The van der Waals surface area contributed by atoms with Gasteiger partial charge in [0.25, 0.3) is 0 Å². The van der Waals surface area contributed by atoms with Gasteiger partial charge >= 0.3 is 0 Å². The zero-order chi connectivity index (χ0) is 14.5. The predicted octanol–water partition coefficient (Wildman–Crippen LogP) is 0.797. The minimum Gasteiger partial charge on any atom is -0.343 e. The monoisotopic (exact) mass is 280 g/mol. The first-order chi connectivity index (χ1) is 8.85. The average molecular weight is 280 g/mol. The minimum absolute atomic E-state index is 0.0860. The maximum Gasteiger partial charge on any atom is 0.244 e. The molecule has 0 aliphatic heterocycles. The van der Waals surface area contributed by atoms with Gasteiger partial charge in [0.05, 0.1) is 11.8 Å². The number of nitriles is 1. The summed E-state index contributed by atoms with van der Waals surface area (Å²) in [5, 5.41) is 9.11. The van der Waals surface area contributed by atoms with Crippen LogP contribution in [0.2, 0.25) is 0 Å². The molecule has 0 aliphatic rings. The van der Waals surface area contributed by atoms with Gasteiger partial charge < -0.3 is 4.90 Å². The SMILES string of the molecule is CN(CCS(C)(=O)=O)C(=O)C(C#N)c1ccccc1. The Morgan fingerprint density at radius 3 is 2.42 bits per heavy atom. The van der Waals surface area contributed by atoms with Gasteiger partial charge in [-0.2, -0.15) is 5.26 Å². The second kappa shape index (κ2) is 6.34. The molecule has 102 valence electrons. The van der Waals surface area contributed by atoms with E-state index in [0.29, 0.717) is 5.56 Å². The van der Waals surface area contributed by atoms with Gasteiger partial charge in [0.1, 0.15) is 15.8 Å². The van der Waals surface area contributed by atoms with Crippen LogP contribution in [0.25, 0.3) is 0 Å². The van der Waals surface area contributed by atoms with Crippen LogP contribution in [0.1, 0.15) is 11.5 Å². The molecule has 0 bridgehead atoms. The fourth-order valence-corrected chi connectivity index (χ4v) is 2.16. The van der Waals surface area contributed by atoms with Crippen LogP contribution in [0.4, 0.5) is 0 Å². The largest absolute Gasteiger partial charge is 0.343 e. The molecule has 1 unspecified atom stereocenters. The third-order valence-corrected chi connectivity index (χ3v) is 3.61. The number of carbonyl (C=O) groups is 1. The van der Waals surface area contributed by atoms with E-state index in [0.717, 1.165) is 6.26 Å². The molecule has 0 radical (unpaired) electrons. The molecular weight excluding hydrogens is 264 g/mol. The van der Waals surface area contributed by atoms with Crippen molar-refractivity contribution in [3.8, 4) is 6.07 Å². The number of carbonyl (C=O) groups excluding carboxylic acids is 1. The molecule has 6 heteroatoms. The van der Waals surface area contributed by atoms with Crippen LogP contribution < -0.4 is 0 Å². The van der Waals surface area contributed by atoms with Crippen LogP contribution in [-0.4, -0.2) is 44.8 Å². The van der Waals surface area contributed by atoms with Gasteiger partial charge in [-0.05, 0) is 5.56 Å². The highest BCUT2D eigenvalue weighted by Crippen LogP contribution is 2.16. The highest BCUT2D eigenvalue weighted by atomic mass is 32.2. The Morgan fingerprint density at radius 1 is 1.37 bits per heavy atom. The molecule has 1 amide bonds. The lowest BCUT2D eigenvalue weighted by molar-refractivity contribution is -0.129. The summed E-state index contributed by atoms with van der Waals surface area (Å²) in [4.78, 5) is 13.4. The Morgan fingerprint density at radius 2 is 1.95 bits per heavy atom. The fraction of sp³-hybridized carbons (Fsp3) is 0.385. The van der Waals surface area contributed by atoms with Crippen LogP contribution in [-0.2, 0) is 14.6 Å². The molecule has 0 N–H and O–H groups in total. The maximum atomic E-state index is 12.1. The van der Waals surface area contributed by atoms with Crippen molar-refractivity contribution in [2.75, 3.05) is 25.6 Å². The second-order valence-electron chi connectivity index (χ2n) is 4.36. The summed E-state index contributed by atoms with van der Waals surface area (Å²) in [6, 6.07) is 10.7. The highest BCUT2D eigenvalue weighted by Gasteiger charge is 2.23. The number of amides is 1. The second-order valence-corrected chi connectivity index (χ2v) is 6.62. The van der Waals surface area contributed by atoms with E-state index in [-0.39, 0.29) is 12.3 Å². The average Bonchev–Trinajstić information content (AvgIpc) is 2.37. The van der Waals surface area contributed by atoms with Crippen molar-refractivity contribution in [2.24, 2.45) is 0 Å². The van der Waals surface area contributed by atoms with Gasteiger partial charge in [-0.25, -0.2) is 8.42 Å². The Balaban J connectivity index is 2.78. The van der Waals surface area contributed by atoms with E-state index in [1.807, 2.05) is 6.07 Å². The molecule has 19 heavy (non-hydrogen) atoms. The quantitative estimate of drug-likeness (QED) is 0.799. The number of sulfone groups is 1. The molecule has 5 nitrogen and oxygen atoms in total. The van der Waals surface area contributed by atoms with Crippen LogP contribution in [0.3, 0.4) is 0 Å². The molecule has 0 fully saturated rings. The first kappa shape index (κ1) is 15.2. The lowest BCUT2D eigenvalue weighted by Gasteiger charge is -2.19. The summed E-state index contributed by atoms with van der Waals surface area (Å²) in [7, 11) is -1.63. The summed E-state index contributed by atoms with van der Waals surface area (Å²) in [6.07, 6.45) is 1.12. The predicted molar refractivity (Wildman–Crippen MR) is 72.1 cm³/mol. The fourth-order valence-electron chi connectivity index (χ4n) is 1.55. The third-order valence-electron chi connectivity index (χ3n) is 2.68. The van der Waals surface area contributed by atoms with Gasteiger partial charge in [-0.3, -0.25) is 4.79 Å². The molecule has 1 atom stereocenters. The van der Waals surface area contributed by atoms with Crippen LogP contribution in [0, 0.1) is 11.3 Å². The number of benzene rings is 1. The number of rotatable bonds is 5. The van der Waals surface area contributed by atoms with E-state index in [1.165, 1.54) is 11.9 Å². The third kappa shape index (κ3) is 4.72. The van der Waals surface area contributed by atoms with Crippen molar-refractivity contribution in [3.05, 3.63) is 35.9 Å². The zero-order valence-corrected chi connectivity index (χ0v) is 11.7. The molecule has 0 aromatic heterocycles. The molecule has 0 aliphatic carbocycles. The van der Waals surface area contributed by atoms with E-state index >= 15 is 0 Å². The zero-order valence-electron chi connectivity index (χ0n) is 10.9. The van der Waals surface area contributed by atoms with Crippen LogP contribution in [0.5, 0.6) is 0 Å². The van der Waals surface area contributed by atoms with E-state index in [4.69, 9.17) is 5.26 Å². The first-order valence-electron chi connectivity index (χ1n) is 5.72. The molecule has 1 aromatic carbocycles. The molecular formula is C13H16N2O3S. The van der Waals surface area contributed by atoms with Crippen molar-refractivity contribution in [1.82, 2.24) is 4.90 Å². The van der Waals surface area contributed by atoms with Gasteiger partial charge in [0.2, 0.25) is 5.91 Å². The van der Waals surface area contributed by atoms with Gasteiger partial charge in [-0.1, -0.05) is 30.3 Å². The Bertz CT molecular complexity index is 576. The molecule has 0 saturated heterocycles. The van der Waals surface area contributed by atoms with E-state index in [9.17, 15) is 13.2 Å². The molecule has 1 aromatic rings. The smallest absolute Gasteiger partial charge is 0.244 e. The molecule has 0 heterocycles. The molecule has 0 saturated carbocycles. The van der Waals surface area contributed by atoms with Crippen molar-refractivity contribution in [3.63, 3.8) is 0 Å². The number of hydrogen-bond donors (Lipinski definition) is 0. The van der Waals surface area contributed by atoms with Crippen molar-refractivity contribution < 1.29 is 13.2 Å². The summed E-state index contributed by atoms with van der Waals surface area (Å²) in [5.41, 5.74) is 0.612. The summed E-state index contributed by atoms with van der Waals surface area (Å²) >= 11 is 0. The summed E-state index contributed by atoms with van der Waals surface area (Å²) < 4.78 is 22.1. The normalized spacial score (nSPS) is 12.5. The molecule has 1 rings (SSSR count). The number of nitrogens with zero attached hydrogens (tertiary/aromatic N) is 2. The number of hydrogen-bond acceptors (Lipinski definition) is 4. The Labute approximate surface area is 113 Å². The first-order valence-corrected chi connectivity index (χ1v) is 7.78. The highest BCUT2D eigenvalue weighted by molar-refractivity contribution is 7.90. The lowest BCUT2D eigenvalue weighted by Crippen LogP contribution is -2.34. The van der Waals surface area contributed by atoms with Gasteiger partial charge in [0.15, 0.2) is 0 Å². The van der Waals surface area contributed by atoms with Crippen molar-refractivity contribution in [1.29, 1.82) is 5.26 Å². The lowest BCUT2D eigenvalue weighted by atomic mass is 9.99. The van der Waals surface area contributed by atoms with Gasteiger partial charge in [0, 0.05) is 19.8 Å². The van der Waals surface area contributed by atoms with E-state index in [2.05, 4.69) is 0 Å². The minimum atomic E-state index is -3.13. The van der Waals surface area contributed by atoms with Gasteiger partial charge in [-0.15, -0.1) is 0 Å². The van der Waals surface area contributed by atoms with Crippen molar-refractivity contribution in [2.45, 2.75) is 5.92 Å². The Hall–Kier alpha value is -1.87. The maximum absolute atomic E-state index is 12.1. The van der Waals surface area contributed by atoms with Crippen molar-refractivity contribution >= 4 is 15.7 Å². The summed E-state index contributed by atoms with van der Waals surface area (Å²) in [5.74, 6) is -1.40.